The van der Waals surface area contributed by atoms with Crippen molar-refractivity contribution in [1.29, 1.82) is 0 Å². The number of hydrogen-bond acceptors (Lipinski definition) is 5. The monoisotopic (exact) mass is 458 g/mol. The van der Waals surface area contributed by atoms with Gasteiger partial charge in [-0.3, -0.25) is 14.5 Å². The maximum Gasteiger partial charge on any atom is 0.224 e. The van der Waals surface area contributed by atoms with E-state index in [0.29, 0.717) is 23.5 Å². The molecule has 0 bridgehead atoms. The van der Waals surface area contributed by atoms with Crippen LogP contribution in [0.1, 0.15) is 50.7 Å². The molecule has 0 radical (unpaired) electrons. The van der Waals surface area contributed by atoms with E-state index in [-0.39, 0.29) is 37.6 Å². The second-order valence-electron chi connectivity index (χ2n) is 9.00. The van der Waals surface area contributed by atoms with Crippen molar-refractivity contribution in [3.05, 3.63) is 59.3 Å². The molecule has 0 unspecified atom stereocenters. The summed E-state index contributed by atoms with van der Waals surface area (Å²) in [4.78, 5) is 32.1. The van der Waals surface area contributed by atoms with Gasteiger partial charge in [0.2, 0.25) is 5.91 Å². The second kappa shape index (κ2) is 11.3. The third kappa shape index (κ3) is 7.05. The number of carbonyl (C=O) groups is 2. The maximum absolute atomic E-state index is 13.7. The molecule has 1 saturated heterocycles. The van der Waals surface area contributed by atoms with E-state index in [1.807, 2.05) is 0 Å². The zero-order valence-corrected chi connectivity index (χ0v) is 19.2. The van der Waals surface area contributed by atoms with Crippen LogP contribution in [-0.4, -0.2) is 40.2 Å². The third-order valence-electron chi connectivity index (χ3n) is 6.36. The van der Waals surface area contributed by atoms with Crippen LogP contribution in [-0.2, 0) is 22.6 Å². The minimum atomic E-state index is -0.971. The number of nitrogens with zero attached hydrogens (tertiary/aromatic N) is 2. The van der Waals surface area contributed by atoms with Crippen molar-refractivity contribution in [3.8, 4) is 0 Å². The molecular weight excluding hydrogens is 426 g/mol. The highest BCUT2D eigenvalue weighted by Gasteiger charge is 2.29. The minimum absolute atomic E-state index is 0.0270. The first-order valence-corrected chi connectivity index (χ1v) is 11.4. The highest BCUT2D eigenvalue weighted by molar-refractivity contribution is 5.88. The molecule has 0 spiro atoms. The molecule has 1 aliphatic rings. The average Bonchev–Trinajstić information content (AvgIpc) is 2.77. The molecule has 0 aliphatic carbocycles. The fraction of sp³-hybridized carbons (Fsp3) is 0.480. The number of piperidine rings is 1. The fourth-order valence-electron chi connectivity index (χ4n) is 4.48. The Morgan fingerprint density at radius 3 is 2.52 bits per heavy atom. The van der Waals surface area contributed by atoms with Crippen LogP contribution >= 0.6 is 0 Å². The van der Waals surface area contributed by atoms with Gasteiger partial charge in [-0.25, -0.2) is 13.8 Å². The lowest BCUT2D eigenvalue weighted by Crippen LogP contribution is -2.46. The van der Waals surface area contributed by atoms with Crippen LogP contribution < -0.4 is 11.1 Å². The summed E-state index contributed by atoms with van der Waals surface area (Å²) >= 11 is 0. The van der Waals surface area contributed by atoms with Crippen molar-refractivity contribution in [1.82, 2.24) is 15.2 Å². The predicted octanol–water partition coefficient (Wildman–Crippen LogP) is 3.64. The van der Waals surface area contributed by atoms with E-state index < -0.39 is 17.6 Å². The standard InChI is InChI=1S/C25H32F2N4O2/c1-16-4-3-5-17(2)31(16)15-21(32)13-20(10-18-6-7-22(26)23(27)11-18)25(33)30-14-19-8-9-29-24(28)12-19/h6-9,11-12,16-17,20H,3-5,10,13-15H2,1-2H3,(H2,28,29)(H,30,33)/t16-,17+,20-/m1/s1. The maximum atomic E-state index is 13.7. The molecular formula is C25H32F2N4O2. The molecule has 3 rings (SSSR count). The number of ketones is 1. The van der Waals surface area contributed by atoms with Crippen molar-refractivity contribution in [2.45, 2.75) is 64.6 Å². The first-order valence-electron chi connectivity index (χ1n) is 11.4. The van der Waals surface area contributed by atoms with E-state index in [0.717, 1.165) is 37.0 Å². The first-order chi connectivity index (χ1) is 15.7. The summed E-state index contributed by atoms with van der Waals surface area (Å²) in [5, 5.41) is 2.84. The van der Waals surface area contributed by atoms with Gasteiger partial charge in [0.15, 0.2) is 11.6 Å². The molecule has 1 aromatic carbocycles. The number of nitrogens with two attached hydrogens (primary N) is 1. The van der Waals surface area contributed by atoms with Gasteiger partial charge in [0.05, 0.1) is 6.54 Å². The number of likely N-dealkylation sites (tertiary alicyclic amines) is 1. The highest BCUT2D eigenvalue weighted by atomic mass is 19.2. The van der Waals surface area contributed by atoms with Crippen LogP contribution in [0.15, 0.2) is 36.5 Å². The number of hydrogen-bond donors (Lipinski definition) is 2. The molecule has 3 atom stereocenters. The number of nitrogens with one attached hydrogen (secondary N) is 1. The summed E-state index contributed by atoms with van der Waals surface area (Å²) in [6.07, 6.45) is 4.96. The summed E-state index contributed by atoms with van der Waals surface area (Å²) in [5.74, 6) is -2.62. The van der Waals surface area contributed by atoms with Gasteiger partial charge in [-0.05, 0) is 68.5 Å². The molecule has 2 aromatic rings. The van der Waals surface area contributed by atoms with E-state index in [1.54, 1.807) is 18.3 Å². The number of Topliss-reactive ketones (excluding diaryl/α,β-unsaturated/α-hetero) is 1. The molecule has 1 aliphatic heterocycles. The summed E-state index contributed by atoms with van der Waals surface area (Å²) in [5.41, 5.74) is 6.94. The van der Waals surface area contributed by atoms with Gasteiger partial charge in [-0.2, -0.15) is 0 Å². The van der Waals surface area contributed by atoms with Crippen LogP contribution in [0, 0.1) is 17.6 Å². The fourth-order valence-corrected chi connectivity index (χ4v) is 4.48. The van der Waals surface area contributed by atoms with Crippen LogP contribution in [0.2, 0.25) is 0 Å². The SMILES string of the molecule is C[C@@H]1CCC[C@H](C)N1CC(=O)C[C@@H](Cc1ccc(F)c(F)c1)C(=O)NCc1ccnc(N)c1. The average molecular weight is 459 g/mol. The molecule has 3 N–H and O–H groups in total. The topological polar surface area (TPSA) is 88.3 Å². The lowest BCUT2D eigenvalue weighted by atomic mass is 9.91. The van der Waals surface area contributed by atoms with Gasteiger partial charge in [0, 0.05) is 37.2 Å². The van der Waals surface area contributed by atoms with Gasteiger partial charge in [-0.15, -0.1) is 0 Å². The molecule has 178 valence electrons. The molecule has 0 saturated carbocycles. The van der Waals surface area contributed by atoms with Crippen LogP contribution in [0.5, 0.6) is 0 Å². The highest BCUT2D eigenvalue weighted by Crippen LogP contribution is 2.23. The molecule has 1 aromatic heterocycles. The molecule has 2 heterocycles. The molecule has 1 amide bonds. The van der Waals surface area contributed by atoms with Crippen LogP contribution in [0.4, 0.5) is 14.6 Å². The predicted molar refractivity (Wildman–Crippen MR) is 123 cm³/mol. The van der Waals surface area contributed by atoms with Crippen molar-refractivity contribution in [2.75, 3.05) is 12.3 Å². The van der Waals surface area contributed by atoms with E-state index >= 15 is 0 Å². The third-order valence-corrected chi connectivity index (χ3v) is 6.36. The zero-order chi connectivity index (χ0) is 24.0. The summed E-state index contributed by atoms with van der Waals surface area (Å²) in [7, 11) is 0. The lowest BCUT2D eigenvalue weighted by Gasteiger charge is -2.38. The van der Waals surface area contributed by atoms with Crippen molar-refractivity contribution in [2.24, 2.45) is 5.92 Å². The van der Waals surface area contributed by atoms with Crippen molar-refractivity contribution in [3.63, 3.8) is 0 Å². The Balaban J connectivity index is 1.70. The number of anilines is 1. The number of nitrogen functional groups attached to an aromatic ring is 1. The van der Waals surface area contributed by atoms with Gasteiger partial charge in [0.25, 0.3) is 0 Å². The second-order valence-corrected chi connectivity index (χ2v) is 9.00. The van der Waals surface area contributed by atoms with Crippen LogP contribution in [0.3, 0.4) is 0 Å². The molecule has 8 heteroatoms. The number of benzene rings is 1. The van der Waals surface area contributed by atoms with Gasteiger partial charge < -0.3 is 11.1 Å². The number of carbonyl (C=O) groups excluding carboxylic acids is 2. The molecule has 33 heavy (non-hydrogen) atoms. The van der Waals surface area contributed by atoms with Crippen LogP contribution in [0.25, 0.3) is 0 Å². The molecule has 1 fully saturated rings. The summed E-state index contributed by atoms with van der Waals surface area (Å²) < 4.78 is 27.1. The Morgan fingerprint density at radius 1 is 1.12 bits per heavy atom. The normalized spacial score (nSPS) is 19.8. The molecule has 6 nitrogen and oxygen atoms in total. The quantitative estimate of drug-likeness (QED) is 0.599. The Bertz CT molecular complexity index is 975. The largest absolute Gasteiger partial charge is 0.384 e. The first kappa shape index (κ1) is 24.8. The Kier molecular flexibility index (Phi) is 8.49. The lowest BCUT2D eigenvalue weighted by molar-refractivity contribution is -0.130. The van der Waals surface area contributed by atoms with Gasteiger partial charge >= 0.3 is 0 Å². The van der Waals surface area contributed by atoms with Gasteiger partial charge in [-0.1, -0.05) is 12.5 Å². The Labute approximate surface area is 193 Å². The Hall–Kier alpha value is -2.87. The summed E-state index contributed by atoms with van der Waals surface area (Å²) in [6, 6.07) is 7.60. The smallest absolute Gasteiger partial charge is 0.224 e. The van der Waals surface area contributed by atoms with E-state index in [4.69, 9.17) is 5.73 Å². The van der Waals surface area contributed by atoms with E-state index in [2.05, 4.69) is 29.0 Å². The van der Waals surface area contributed by atoms with E-state index in [9.17, 15) is 18.4 Å². The number of amides is 1. The van der Waals surface area contributed by atoms with Crippen molar-refractivity contribution < 1.29 is 18.4 Å². The van der Waals surface area contributed by atoms with Crippen molar-refractivity contribution >= 4 is 17.5 Å². The number of aromatic nitrogens is 1. The summed E-state index contributed by atoms with van der Waals surface area (Å²) in [6.45, 7) is 4.75. The number of pyridine rings is 1. The minimum Gasteiger partial charge on any atom is -0.384 e. The Morgan fingerprint density at radius 2 is 1.85 bits per heavy atom. The number of rotatable bonds is 9. The zero-order valence-electron chi connectivity index (χ0n) is 19.2. The van der Waals surface area contributed by atoms with E-state index in [1.165, 1.54) is 6.07 Å². The van der Waals surface area contributed by atoms with Gasteiger partial charge in [0.1, 0.15) is 11.6 Å². The number of halogens is 2.